The minimum Gasteiger partial charge on any atom is -0.385 e. The monoisotopic (exact) mass is 252 g/mol. The van der Waals surface area contributed by atoms with E-state index in [1.165, 1.54) is 13.8 Å². The molecule has 0 aromatic carbocycles. The molecular weight excluding hydrogens is 231 g/mol. The van der Waals surface area contributed by atoms with Crippen LogP contribution in [0.1, 0.15) is 39.5 Å². The standard InChI is InChI=1S/C10H21O5P/c1-10(2,15-16(12)13)9(11)7-5-4-6-8-14-3/h16H,4-8H2,1-3H3,(H,12,13). The van der Waals surface area contributed by atoms with E-state index in [2.05, 4.69) is 0 Å². The first-order chi connectivity index (χ1) is 7.40. The SMILES string of the molecule is COCCCCCC(=O)C(C)(C)O[PH](=O)O. The van der Waals surface area contributed by atoms with Crippen LogP contribution in [0.15, 0.2) is 0 Å². The first-order valence-corrected chi connectivity index (χ1v) is 6.60. The molecule has 1 N–H and O–H groups in total. The van der Waals surface area contributed by atoms with E-state index in [1.54, 1.807) is 7.11 Å². The number of unbranched alkanes of at least 4 members (excludes halogenated alkanes) is 2. The van der Waals surface area contributed by atoms with Gasteiger partial charge in [-0.15, -0.1) is 0 Å². The van der Waals surface area contributed by atoms with Crippen molar-refractivity contribution in [3.05, 3.63) is 0 Å². The molecule has 16 heavy (non-hydrogen) atoms. The fraction of sp³-hybridized carbons (Fsp3) is 0.900. The summed E-state index contributed by atoms with van der Waals surface area (Å²) in [5.41, 5.74) is -1.16. The number of ketones is 1. The Morgan fingerprint density at radius 1 is 1.31 bits per heavy atom. The summed E-state index contributed by atoms with van der Waals surface area (Å²) < 4.78 is 20.1. The molecule has 0 fully saturated rings. The van der Waals surface area contributed by atoms with E-state index in [1.807, 2.05) is 0 Å². The predicted molar refractivity (Wildman–Crippen MR) is 61.7 cm³/mol. The Bertz CT molecular complexity index is 239. The molecule has 0 aliphatic rings. The average molecular weight is 252 g/mol. The number of rotatable bonds is 9. The first kappa shape index (κ1) is 15.8. The summed E-state index contributed by atoms with van der Waals surface area (Å²) in [6, 6.07) is 0. The summed E-state index contributed by atoms with van der Waals surface area (Å²) in [5.74, 6) is -0.141. The number of carbonyl (C=O) groups is 1. The maximum Gasteiger partial charge on any atom is 0.317 e. The molecule has 0 aliphatic carbocycles. The van der Waals surface area contributed by atoms with Crippen LogP contribution >= 0.6 is 8.25 Å². The molecule has 0 bridgehead atoms. The van der Waals surface area contributed by atoms with Crippen molar-refractivity contribution in [3.8, 4) is 0 Å². The van der Waals surface area contributed by atoms with Gasteiger partial charge in [-0.2, -0.15) is 0 Å². The van der Waals surface area contributed by atoms with Crippen LogP contribution in [0, 0.1) is 0 Å². The second-order valence-corrected chi connectivity index (χ2v) is 4.84. The van der Waals surface area contributed by atoms with Gasteiger partial charge in [-0.25, -0.2) is 0 Å². The molecule has 0 heterocycles. The minimum atomic E-state index is -3.07. The van der Waals surface area contributed by atoms with Gasteiger partial charge in [0, 0.05) is 20.1 Å². The Kier molecular flexibility index (Phi) is 7.85. The van der Waals surface area contributed by atoms with Crippen molar-refractivity contribution < 1.29 is 23.5 Å². The van der Waals surface area contributed by atoms with Crippen LogP contribution in [0.2, 0.25) is 0 Å². The third-order valence-corrected chi connectivity index (χ3v) is 2.95. The average Bonchev–Trinajstić information content (AvgIpc) is 2.15. The number of hydrogen-bond acceptors (Lipinski definition) is 4. The molecular formula is C10H21O5P. The number of carbonyl (C=O) groups excluding carboxylic acids is 1. The van der Waals surface area contributed by atoms with Crippen LogP contribution in [0.25, 0.3) is 0 Å². The zero-order valence-electron chi connectivity index (χ0n) is 10.1. The van der Waals surface area contributed by atoms with Gasteiger partial charge in [-0.05, 0) is 26.7 Å². The maximum atomic E-state index is 11.6. The zero-order valence-corrected chi connectivity index (χ0v) is 11.1. The van der Waals surface area contributed by atoms with Gasteiger partial charge in [-0.1, -0.05) is 6.42 Å². The van der Waals surface area contributed by atoms with Gasteiger partial charge in [-0.3, -0.25) is 13.9 Å². The molecule has 0 spiro atoms. The normalized spacial score (nSPS) is 13.8. The molecule has 0 aromatic heterocycles. The van der Waals surface area contributed by atoms with Gasteiger partial charge in [0.25, 0.3) is 0 Å². The largest absolute Gasteiger partial charge is 0.385 e. The van der Waals surface area contributed by atoms with Gasteiger partial charge in [0.1, 0.15) is 5.60 Å². The summed E-state index contributed by atoms with van der Waals surface area (Å²) in [4.78, 5) is 20.3. The lowest BCUT2D eigenvalue weighted by Crippen LogP contribution is -2.32. The van der Waals surface area contributed by atoms with Crippen LogP contribution in [0.3, 0.4) is 0 Å². The summed E-state index contributed by atoms with van der Waals surface area (Å²) in [5, 5.41) is 0. The summed E-state index contributed by atoms with van der Waals surface area (Å²) >= 11 is 0. The molecule has 96 valence electrons. The Labute approximate surface area is 97.1 Å². The second kappa shape index (κ2) is 7.96. The highest BCUT2D eigenvalue weighted by Gasteiger charge is 2.29. The van der Waals surface area contributed by atoms with Crippen molar-refractivity contribution >= 4 is 14.0 Å². The predicted octanol–water partition coefficient (Wildman–Crippen LogP) is 1.94. The highest BCUT2D eigenvalue weighted by atomic mass is 31.1. The van der Waals surface area contributed by atoms with Gasteiger partial charge in [0.05, 0.1) is 0 Å². The number of Topliss-reactive ketones (excluding diaryl/α,β-unsaturated/α-hetero) is 1. The third kappa shape index (κ3) is 7.12. The van der Waals surface area contributed by atoms with Crippen LogP contribution < -0.4 is 0 Å². The van der Waals surface area contributed by atoms with E-state index < -0.39 is 13.9 Å². The lowest BCUT2D eigenvalue weighted by atomic mass is 9.98. The molecule has 0 saturated carbocycles. The van der Waals surface area contributed by atoms with Crippen LogP contribution in [-0.2, 0) is 18.6 Å². The molecule has 0 amide bonds. The number of hydrogen-bond donors (Lipinski definition) is 1. The molecule has 1 unspecified atom stereocenters. The van der Waals surface area contributed by atoms with E-state index in [4.69, 9.17) is 14.2 Å². The molecule has 0 aliphatic heterocycles. The second-order valence-electron chi connectivity index (χ2n) is 4.10. The summed E-state index contributed by atoms with van der Waals surface area (Å²) in [6.07, 6.45) is 2.94. The zero-order chi connectivity index (χ0) is 12.6. The van der Waals surface area contributed by atoms with Crippen LogP contribution in [0.4, 0.5) is 0 Å². The van der Waals surface area contributed by atoms with Gasteiger partial charge < -0.3 is 9.63 Å². The lowest BCUT2D eigenvalue weighted by molar-refractivity contribution is -0.132. The maximum absolute atomic E-state index is 11.6. The molecule has 0 aromatic rings. The van der Waals surface area contributed by atoms with Gasteiger partial charge >= 0.3 is 8.25 Å². The van der Waals surface area contributed by atoms with Crippen molar-refractivity contribution in [2.24, 2.45) is 0 Å². The fourth-order valence-corrected chi connectivity index (χ4v) is 1.84. The summed E-state index contributed by atoms with van der Waals surface area (Å²) in [6.45, 7) is 3.73. The van der Waals surface area contributed by atoms with E-state index in [0.717, 1.165) is 19.3 Å². The van der Waals surface area contributed by atoms with E-state index in [0.29, 0.717) is 13.0 Å². The van der Waals surface area contributed by atoms with Gasteiger partial charge in [0.2, 0.25) is 0 Å². The van der Waals surface area contributed by atoms with Crippen molar-refractivity contribution in [3.63, 3.8) is 0 Å². The Morgan fingerprint density at radius 3 is 2.44 bits per heavy atom. The molecule has 1 atom stereocenters. The number of methoxy groups -OCH3 is 1. The van der Waals surface area contributed by atoms with Crippen molar-refractivity contribution in [1.82, 2.24) is 0 Å². The molecule has 6 heteroatoms. The Morgan fingerprint density at radius 2 is 1.94 bits per heavy atom. The van der Waals surface area contributed by atoms with Crippen molar-refractivity contribution in [2.75, 3.05) is 13.7 Å². The molecule has 0 radical (unpaired) electrons. The molecule has 5 nitrogen and oxygen atoms in total. The van der Waals surface area contributed by atoms with E-state index in [9.17, 15) is 9.36 Å². The summed E-state index contributed by atoms with van der Waals surface area (Å²) in [7, 11) is -1.43. The Balaban J connectivity index is 3.82. The third-order valence-electron chi connectivity index (χ3n) is 2.27. The highest BCUT2D eigenvalue weighted by molar-refractivity contribution is 7.32. The molecule has 0 saturated heterocycles. The van der Waals surface area contributed by atoms with Crippen molar-refractivity contribution in [1.29, 1.82) is 0 Å². The molecule has 0 rings (SSSR count). The van der Waals surface area contributed by atoms with Crippen LogP contribution in [-0.4, -0.2) is 30.0 Å². The minimum absolute atomic E-state index is 0.141. The smallest absolute Gasteiger partial charge is 0.317 e. The first-order valence-electron chi connectivity index (χ1n) is 5.34. The fourth-order valence-electron chi connectivity index (χ4n) is 1.28. The van der Waals surface area contributed by atoms with Crippen LogP contribution in [0.5, 0.6) is 0 Å². The van der Waals surface area contributed by atoms with Crippen molar-refractivity contribution in [2.45, 2.75) is 45.1 Å². The van der Waals surface area contributed by atoms with E-state index in [-0.39, 0.29) is 5.78 Å². The lowest BCUT2D eigenvalue weighted by Gasteiger charge is -2.21. The topological polar surface area (TPSA) is 72.8 Å². The number of ether oxygens (including phenoxy) is 1. The highest BCUT2D eigenvalue weighted by Crippen LogP contribution is 2.27. The quantitative estimate of drug-likeness (QED) is 0.501. The Hall–Kier alpha value is -0.220. The van der Waals surface area contributed by atoms with Gasteiger partial charge in [0.15, 0.2) is 5.78 Å². The van der Waals surface area contributed by atoms with E-state index >= 15 is 0 Å².